The van der Waals surface area contributed by atoms with Gasteiger partial charge in [-0.2, -0.15) is 13.2 Å². The van der Waals surface area contributed by atoms with E-state index in [1.165, 1.54) is 13.2 Å². The Morgan fingerprint density at radius 3 is 2.80 bits per heavy atom. The number of nitrogens with one attached hydrogen (secondary N) is 1. The van der Waals surface area contributed by atoms with Crippen LogP contribution in [0.15, 0.2) is 34.6 Å². The lowest BCUT2D eigenvalue weighted by Gasteiger charge is -2.13. The number of nitrogens with zero attached hydrogens (tertiary/aromatic N) is 3. The summed E-state index contributed by atoms with van der Waals surface area (Å²) in [5, 5.41) is 9.65. The number of thioether (sulfide) groups is 1. The minimum atomic E-state index is -4.45. The first-order valence-electron chi connectivity index (χ1n) is 7.32. The molecule has 0 saturated carbocycles. The predicted octanol–water partition coefficient (Wildman–Crippen LogP) is 3.19. The standard InChI is InChI=1S/C15H17F3N4O2S/c1-4-6-22-12(11-5-7-24-9(11)2)20-21-14(22)25-10(3)13(23)19-8-15(16,17)18/h4-5,7,10H,1,6,8H2,2-3H3,(H,19,23). The maximum atomic E-state index is 12.2. The van der Waals surface area contributed by atoms with E-state index in [-0.39, 0.29) is 0 Å². The molecule has 6 nitrogen and oxygen atoms in total. The maximum Gasteiger partial charge on any atom is 0.405 e. The quantitative estimate of drug-likeness (QED) is 0.595. The molecular weight excluding hydrogens is 357 g/mol. The highest BCUT2D eigenvalue weighted by molar-refractivity contribution is 8.00. The molecule has 1 unspecified atom stereocenters. The number of aromatic nitrogens is 3. The smallest absolute Gasteiger partial charge is 0.405 e. The number of alkyl halides is 3. The first kappa shape index (κ1) is 19.1. The highest BCUT2D eigenvalue weighted by atomic mass is 32.2. The molecule has 0 bridgehead atoms. The summed E-state index contributed by atoms with van der Waals surface area (Å²) in [6, 6.07) is 1.74. The van der Waals surface area contributed by atoms with Gasteiger partial charge in [-0.15, -0.1) is 16.8 Å². The normalized spacial score (nSPS) is 12.8. The minimum Gasteiger partial charge on any atom is -0.469 e. The lowest BCUT2D eigenvalue weighted by atomic mass is 10.2. The van der Waals surface area contributed by atoms with Crippen LogP contribution in [-0.2, 0) is 11.3 Å². The van der Waals surface area contributed by atoms with Crippen molar-refractivity contribution in [1.29, 1.82) is 0 Å². The molecule has 2 heterocycles. The minimum absolute atomic E-state index is 0.381. The molecule has 0 aliphatic rings. The Morgan fingerprint density at radius 2 is 2.24 bits per heavy atom. The average Bonchev–Trinajstić information content (AvgIpc) is 3.11. The summed E-state index contributed by atoms with van der Waals surface area (Å²) < 4.78 is 43.6. The van der Waals surface area contributed by atoms with Crippen LogP contribution in [0.5, 0.6) is 0 Å². The van der Waals surface area contributed by atoms with Crippen LogP contribution in [0.4, 0.5) is 13.2 Å². The van der Waals surface area contributed by atoms with Crippen molar-refractivity contribution >= 4 is 17.7 Å². The van der Waals surface area contributed by atoms with Gasteiger partial charge in [0.15, 0.2) is 11.0 Å². The Kier molecular flexibility index (Phi) is 5.93. The topological polar surface area (TPSA) is 73.0 Å². The summed E-state index contributed by atoms with van der Waals surface area (Å²) in [6.45, 7) is 5.98. The number of rotatable bonds is 7. The first-order chi connectivity index (χ1) is 11.7. The third-order valence-electron chi connectivity index (χ3n) is 3.24. The molecule has 1 amide bonds. The van der Waals surface area contributed by atoms with E-state index in [2.05, 4.69) is 16.8 Å². The number of halogens is 3. The van der Waals surface area contributed by atoms with Gasteiger partial charge in [0.2, 0.25) is 5.91 Å². The number of carbonyl (C=O) groups excluding carboxylic acids is 1. The van der Waals surface area contributed by atoms with Crippen molar-refractivity contribution in [2.24, 2.45) is 0 Å². The Labute approximate surface area is 146 Å². The van der Waals surface area contributed by atoms with Crippen molar-refractivity contribution in [2.75, 3.05) is 6.54 Å². The monoisotopic (exact) mass is 374 g/mol. The molecule has 0 aromatic carbocycles. The molecular formula is C15H17F3N4O2S. The van der Waals surface area contributed by atoms with Crippen molar-refractivity contribution in [3.8, 4) is 11.4 Å². The van der Waals surface area contributed by atoms with E-state index < -0.39 is 23.9 Å². The Hall–Kier alpha value is -2.23. The lowest BCUT2D eigenvalue weighted by molar-refractivity contribution is -0.137. The number of amides is 1. The highest BCUT2D eigenvalue weighted by Crippen LogP contribution is 2.29. The van der Waals surface area contributed by atoms with E-state index in [1.54, 1.807) is 23.6 Å². The van der Waals surface area contributed by atoms with Gasteiger partial charge in [-0.25, -0.2) is 0 Å². The number of hydrogen-bond donors (Lipinski definition) is 1. The van der Waals surface area contributed by atoms with E-state index in [0.717, 1.165) is 17.3 Å². The lowest BCUT2D eigenvalue weighted by Crippen LogP contribution is -2.38. The van der Waals surface area contributed by atoms with Gasteiger partial charge < -0.3 is 9.73 Å². The fourth-order valence-corrected chi connectivity index (χ4v) is 2.91. The van der Waals surface area contributed by atoms with Gasteiger partial charge in [-0.05, 0) is 19.9 Å². The van der Waals surface area contributed by atoms with E-state index >= 15 is 0 Å². The fraction of sp³-hybridized carbons (Fsp3) is 0.400. The van der Waals surface area contributed by atoms with Gasteiger partial charge in [0.05, 0.1) is 17.1 Å². The van der Waals surface area contributed by atoms with Gasteiger partial charge in [-0.1, -0.05) is 17.8 Å². The van der Waals surface area contributed by atoms with E-state index in [0.29, 0.717) is 23.3 Å². The Bertz CT molecular complexity index is 754. The molecule has 0 radical (unpaired) electrons. The zero-order chi connectivity index (χ0) is 18.6. The summed E-state index contributed by atoms with van der Waals surface area (Å²) in [5.74, 6) is 0.471. The molecule has 1 atom stereocenters. The number of hydrogen-bond acceptors (Lipinski definition) is 5. The van der Waals surface area contributed by atoms with Gasteiger partial charge in [-0.3, -0.25) is 9.36 Å². The number of carbonyl (C=O) groups is 1. The zero-order valence-electron chi connectivity index (χ0n) is 13.6. The summed E-state index contributed by atoms with van der Waals surface area (Å²) in [7, 11) is 0. The highest BCUT2D eigenvalue weighted by Gasteiger charge is 2.29. The molecule has 0 aliphatic heterocycles. The van der Waals surface area contributed by atoms with Crippen LogP contribution < -0.4 is 5.32 Å². The largest absolute Gasteiger partial charge is 0.469 e. The SMILES string of the molecule is C=CCn1c(SC(C)C(=O)NCC(F)(F)F)nnc1-c1ccoc1C. The molecule has 0 aliphatic carbocycles. The van der Waals surface area contributed by atoms with Crippen LogP contribution in [0.25, 0.3) is 11.4 Å². The Morgan fingerprint density at radius 1 is 1.52 bits per heavy atom. The van der Waals surface area contributed by atoms with Crippen LogP contribution in [0.1, 0.15) is 12.7 Å². The number of furan rings is 1. The van der Waals surface area contributed by atoms with Gasteiger partial charge >= 0.3 is 6.18 Å². The zero-order valence-corrected chi connectivity index (χ0v) is 14.4. The second-order valence-electron chi connectivity index (χ2n) is 5.19. The molecule has 2 aromatic heterocycles. The van der Waals surface area contributed by atoms with Crippen molar-refractivity contribution in [2.45, 2.75) is 37.0 Å². The molecule has 0 spiro atoms. The molecule has 2 rings (SSSR count). The second kappa shape index (κ2) is 7.77. The summed E-state index contributed by atoms with van der Waals surface area (Å²) in [5.41, 5.74) is 0.746. The predicted molar refractivity (Wildman–Crippen MR) is 87.0 cm³/mol. The first-order valence-corrected chi connectivity index (χ1v) is 8.20. The molecule has 10 heteroatoms. The van der Waals surface area contributed by atoms with Crippen molar-refractivity contribution in [3.05, 3.63) is 30.7 Å². The number of aryl methyl sites for hydroxylation is 1. The molecule has 2 aromatic rings. The van der Waals surface area contributed by atoms with Crippen LogP contribution in [-0.4, -0.2) is 38.6 Å². The average molecular weight is 374 g/mol. The van der Waals surface area contributed by atoms with Crippen molar-refractivity contribution in [1.82, 2.24) is 20.1 Å². The van der Waals surface area contributed by atoms with Crippen LogP contribution >= 0.6 is 11.8 Å². The third kappa shape index (κ3) is 4.88. The Balaban J connectivity index is 2.16. The fourth-order valence-electron chi connectivity index (χ4n) is 2.03. The summed E-state index contributed by atoms with van der Waals surface area (Å²) >= 11 is 1.02. The molecule has 0 saturated heterocycles. The number of allylic oxidation sites excluding steroid dienone is 1. The van der Waals surface area contributed by atoms with E-state index in [1.807, 2.05) is 5.32 Å². The van der Waals surface area contributed by atoms with Crippen molar-refractivity contribution in [3.63, 3.8) is 0 Å². The van der Waals surface area contributed by atoms with Crippen molar-refractivity contribution < 1.29 is 22.4 Å². The molecule has 136 valence electrons. The maximum absolute atomic E-state index is 12.2. The van der Waals surface area contributed by atoms with Gasteiger partial charge in [0.25, 0.3) is 0 Å². The third-order valence-corrected chi connectivity index (χ3v) is 4.32. The van der Waals surface area contributed by atoms with Crippen LogP contribution in [0.3, 0.4) is 0 Å². The molecule has 1 N–H and O–H groups in total. The van der Waals surface area contributed by atoms with E-state index in [4.69, 9.17) is 4.42 Å². The summed E-state index contributed by atoms with van der Waals surface area (Å²) in [6.07, 6.45) is -1.28. The van der Waals surface area contributed by atoms with Gasteiger partial charge in [0, 0.05) is 6.54 Å². The van der Waals surface area contributed by atoms with Crippen LogP contribution in [0, 0.1) is 6.92 Å². The van der Waals surface area contributed by atoms with Gasteiger partial charge in [0.1, 0.15) is 12.3 Å². The van der Waals surface area contributed by atoms with Crippen LogP contribution in [0.2, 0.25) is 0 Å². The van der Waals surface area contributed by atoms with E-state index in [9.17, 15) is 18.0 Å². The summed E-state index contributed by atoms with van der Waals surface area (Å²) in [4.78, 5) is 11.8. The molecule has 0 fully saturated rings. The molecule has 25 heavy (non-hydrogen) atoms. The second-order valence-corrected chi connectivity index (χ2v) is 6.50.